The van der Waals surface area contributed by atoms with Crippen molar-refractivity contribution >= 4 is 65.0 Å². The third-order valence-corrected chi connectivity index (χ3v) is 12.0. The quantitative estimate of drug-likeness (QED) is 0.164. The second kappa shape index (κ2) is 13.4. The molecular formula is C56H35N3. The summed E-state index contributed by atoms with van der Waals surface area (Å²) in [5, 5.41) is 11.0. The maximum Gasteiger partial charge on any atom is 0.145 e. The van der Waals surface area contributed by atoms with E-state index in [0.717, 1.165) is 61.4 Å². The molecule has 0 aliphatic rings. The average molecular weight is 750 g/mol. The van der Waals surface area contributed by atoms with Gasteiger partial charge in [-0.1, -0.05) is 158 Å². The molecule has 0 aliphatic heterocycles. The molecule has 3 nitrogen and oxygen atoms in total. The molecule has 0 amide bonds. The largest absolute Gasteiger partial charge is 0.292 e. The zero-order valence-corrected chi connectivity index (χ0v) is 32.0. The Bertz CT molecular complexity index is 3600. The van der Waals surface area contributed by atoms with Crippen molar-refractivity contribution in [3.05, 3.63) is 212 Å². The molecule has 0 bridgehead atoms. The van der Waals surface area contributed by atoms with E-state index in [-0.39, 0.29) is 0 Å². The molecule has 0 aliphatic carbocycles. The molecule has 2 heterocycles. The van der Waals surface area contributed by atoms with Crippen LogP contribution < -0.4 is 0 Å². The standard InChI is InChI=1S/C56H35N3/c1-2-14-37(15-3-1)56-58-53-24-12-13-25-55(53)59(56)41-29-26-36(27-30-41)49-35-54(50-33-39-17-5-7-19-43(39)45-21-9-11-23-47(45)50)57-52-31-28-40(34-51(49)52)48-32-38-16-4-6-18-42(38)44-20-8-10-22-46(44)48/h1-35H. The van der Waals surface area contributed by atoms with Crippen molar-refractivity contribution in [3.8, 4) is 50.6 Å². The lowest BCUT2D eigenvalue weighted by Gasteiger charge is -2.16. The van der Waals surface area contributed by atoms with Crippen LogP contribution in [-0.2, 0) is 0 Å². The van der Waals surface area contributed by atoms with Crippen LogP contribution in [0.1, 0.15) is 0 Å². The average Bonchev–Trinajstić information content (AvgIpc) is 3.71. The molecule has 0 atom stereocenters. The first kappa shape index (κ1) is 33.3. The van der Waals surface area contributed by atoms with Gasteiger partial charge in [0.1, 0.15) is 5.82 Å². The molecule has 0 unspecified atom stereocenters. The second-order valence-corrected chi connectivity index (χ2v) is 15.3. The number of para-hydroxylation sites is 2. The van der Waals surface area contributed by atoms with Crippen LogP contribution in [0.25, 0.3) is 116 Å². The number of hydrogen-bond donors (Lipinski definition) is 0. The predicted octanol–water partition coefficient (Wildman–Crippen LogP) is 14.9. The fourth-order valence-corrected chi connectivity index (χ4v) is 9.19. The highest BCUT2D eigenvalue weighted by atomic mass is 15.1. The minimum absolute atomic E-state index is 0.923. The Balaban J connectivity index is 1.09. The third kappa shape index (κ3) is 5.44. The monoisotopic (exact) mass is 749 g/mol. The highest BCUT2D eigenvalue weighted by molar-refractivity contribution is 6.16. The molecule has 0 saturated carbocycles. The van der Waals surface area contributed by atoms with Crippen LogP contribution in [0.5, 0.6) is 0 Å². The van der Waals surface area contributed by atoms with E-state index in [0.29, 0.717) is 0 Å². The number of hydrogen-bond acceptors (Lipinski definition) is 2. The lowest BCUT2D eigenvalue weighted by molar-refractivity contribution is 1.10. The summed E-state index contributed by atoms with van der Waals surface area (Å²) in [5.74, 6) is 0.923. The van der Waals surface area contributed by atoms with Crippen LogP contribution in [0, 0.1) is 0 Å². The Kier molecular flexibility index (Phi) is 7.54. The summed E-state index contributed by atoms with van der Waals surface area (Å²) in [7, 11) is 0. The normalized spacial score (nSPS) is 11.7. The van der Waals surface area contributed by atoms with Gasteiger partial charge in [0.15, 0.2) is 0 Å². The number of nitrogens with zero attached hydrogens (tertiary/aromatic N) is 3. The number of benzene rings is 10. The number of pyridine rings is 1. The van der Waals surface area contributed by atoms with E-state index in [1.807, 2.05) is 6.07 Å². The molecule has 2 aromatic heterocycles. The van der Waals surface area contributed by atoms with E-state index in [1.165, 1.54) is 54.2 Å². The van der Waals surface area contributed by atoms with Gasteiger partial charge in [-0.05, 0) is 120 Å². The first-order chi connectivity index (χ1) is 29.2. The highest BCUT2D eigenvalue weighted by Gasteiger charge is 2.18. The maximum atomic E-state index is 5.46. The van der Waals surface area contributed by atoms with Crippen LogP contribution >= 0.6 is 0 Å². The molecule has 59 heavy (non-hydrogen) atoms. The molecule has 3 heteroatoms. The Morgan fingerprint density at radius 2 is 0.847 bits per heavy atom. The lowest BCUT2D eigenvalue weighted by atomic mass is 9.90. The molecule has 12 aromatic rings. The second-order valence-electron chi connectivity index (χ2n) is 15.3. The van der Waals surface area contributed by atoms with Crippen molar-refractivity contribution in [3.63, 3.8) is 0 Å². The zero-order chi connectivity index (χ0) is 38.9. The summed E-state index contributed by atoms with van der Waals surface area (Å²) in [4.78, 5) is 10.6. The molecule has 10 aromatic carbocycles. The summed E-state index contributed by atoms with van der Waals surface area (Å²) in [6.07, 6.45) is 0. The lowest BCUT2D eigenvalue weighted by Crippen LogP contribution is -1.98. The van der Waals surface area contributed by atoms with E-state index in [9.17, 15) is 0 Å². The van der Waals surface area contributed by atoms with Gasteiger partial charge in [-0.3, -0.25) is 4.57 Å². The molecular weight excluding hydrogens is 715 g/mol. The van der Waals surface area contributed by atoms with Gasteiger partial charge in [0.2, 0.25) is 0 Å². The minimum Gasteiger partial charge on any atom is -0.292 e. The van der Waals surface area contributed by atoms with E-state index < -0.39 is 0 Å². The smallest absolute Gasteiger partial charge is 0.145 e. The molecule has 0 fully saturated rings. The van der Waals surface area contributed by atoms with Crippen molar-refractivity contribution in [2.45, 2.75) is 0 Å². The summed E-state index contributed by atoms with van der Waals surface area (Å²) < 4.78 is 2.27. The van der Waals surface area contributed by atoms with E-state index in [1.54, 1.807) is 0 Å². The van der Waals surface area contributed by atoms with Crippen molar-refractivity contribution in [1.82, 2.24) is 14.5 Å². The molecule has 0 radical (unpaired) electrons. The Morgan fingerprint density at radius 3 is 1.56 bits per heavy atom. The first-order valence-electron chi connectivity index (χ1n) is 20.2. The molecule has 0 saturated heterocycles. The van der Waals surface area contributed by atoms with E-state index in [4.69, 9.17) is 9.97 Å². The minimum atomic E-state index is 0.923. The number of rotatable bonds is 5. The summed E-state index contributed by atoms with van der Waals surface area (Å²) in [6.45, 7) is 0. The number of imidazole rings is 1. The number of aromatic nitrogens is 3. The zero-order valence-electron chi connectivity index (χ0n) is 32.0. The van der Waals surface area contributed by atoms with Gasteiger partial charge in [-0.2, -0.15) is 0 Å². The molecule has 12 rings (SSSR count). The third-order valence-electron chi connectivity index (χ3n) is 12.0. The van der Waals surface area contributed by atoms with Crippen LogP contribution in [0.3, 0.4) is 0 Å². The van der Waals surface area contributed by atoms with Crippen LogP contribution in [0.2, 0.25) is 0 Å². The van der Waals surface area contributed by atoms with Gasteiger partial charge in [0.05, 0.1) is 22.2 Å². The van der Waals surface area contributed by atoms with Gasteiger partial charge < -0.3 is 0 Å². The van der Waals surface area contributed by atoms with Crippen molar-refractivity contribution < 1.29 is 0 Å². The molecule has 274 valence electrons. The SMILES string of the molecule is c1ccc(-c2nc3ccccc3n2-c2ccc(-c3cc(-c4cc5ccccc5c5ccccc45)nc4ccc(-c5cc6ccccc6c6ccccc56)cc34)cc2)cc1. The summed E-state index contributed by atoms with van der Waals surface area (Å²) in [6, 6.07) is 76.4. The van der Waals surface area contributed by atoms with E-state index in [2.05, 4.69) is 211 Å². The van der Waals surface area contributed by atoms with Gasteiger partial charge in [-0.15, -0.1) is 0 Å². The van der Waals surface area contributed by atoms with Gasteiger partial charge in [0, 0.05) is 22.2 Å². The number of fused-ring (bicyclic) bond motifs is 8. The van der Waals surface area contributed by atoms with Crippen LogP contribution in [0.4, 0.5) is 0 Å². The molecule has 0 spiro atoms. The topological polar surface area (TPSA) is 30.7 Å². The fraction of sp³-hybridized carbons (Fsp3) is 0. The maximum absolute atomic E-state index is 5.46. The van der Waals surface area contributed by atoms with Crippen molar-refractivity contribution in [1.29, 1.82) is 0 Å². The predicted molar refractivity (Wildman–Crippen MR) is 248 cm³/mol. The first-order valence-corrected chi connectivity index (χ1v) is 20.2. The summed E-state index contributed by atoms with van der Waals surface area (Å²) >= 11 is 0. The molecule has 0 N–H and O–H groups in total. The van der Waals surface area contributed by atoms with Crippen LogP contribution in [-0.4, -0.2) is 14.5 Å². The van der Waals surface area contributed by atoms with E-state index >= 15 is 0 Å². The van der Waals surface area contributed by atoms with Gasteiger partial charge in [0.25, 0.3) is 0 Å². The Morgan fingerprint density at radius 1 is 0.305 bits per heavy atom. The Labute approximate surface area is 341 Å². The van der Waals surface area contributed by atoms with Crippen molar-refractivity contribution in [2.24, 2.45) is 0 Å². The Hall–Kier alpha value is -7.88. The summed E-state index contributed by atoms with van der Waals surface area (Å²) in [5.41, 5.74) is 11.9. The van der Waals surface area contributed by atoms with Gasteiger partial charge in [-0.25, -0.2) is 9.97 Å². The highest BCUT2D eigenvalue weighted by Crippen LogP contribution is 2.41. The van der Waals surface area contributed by atoms with Crippen molar-refractivity contribution in [2.75, 3.05) is 0 Å². The van der Waals surface area contributed by atoms with Crippen LogP contribution in [0.15, 0.2) is 212 Å². The van der Waals surface area contributed by atoms with Gasteiger partial charge >= 0.3 is 0 Å². The fourth-order valence-electron chi connectivity index (χ4n) is 9.19.